The predicted molar refractivity (Wildman–Crippen MR) is 99.6 cm³/mol. The van der Waals surface area contributed by atoms with Crippen LogP contribution in [0.5, 0.6) is 0 Å². The third kappa shape index (κ3) is 2.89. The fourth-order valence-electron chi connectivity index (χ4n) is 3.49. The average Bonchev–Trinajstić information content (AvgIpc) is 3.01. The number of imidazole rings is 1. The molecule has 1 saturated heterocycles. The van der Waals surface area contributed by atoms with Crippen LogP contribution in [0.15, 0.2) is 54.6 Å². The fraction of sp³-hybridized carbons (Fsp3) is 0.350. The molecule has 4 nitrogen and oxygen atoms in total. The molecule has 4 heteroatoms. The first-order valence-corrected chi connectivity index (χ1v) is 8.81. The van der Waals surface area contributed by atoms with Crippen molar-refractivity contribution in [1.82, 2.24) is 14.5 Å². The second-order valence-corrected chi connectivity index (χ2v) is 6.39. The van der Waals surface area contributed by atoms with Gasteiger partial charge in [-0.2, -0.15) is 0 Å². The van der Waals surface area contributed by atoms with E-state index in [2.05, 4.69) is 75.9 Å². The number of benzene rings is 2. The van der Waals surface area contributed by atoms with Gasteiger partial charge in [0, 0.05) is 26.2 Å². The average molecular weight is 320 g/mol. The monoisotopic (exact) mass is 320 g/mol. The lowest BCUT2D eigenvalue weighted by molar-refractivity contribution is 0.269. The molecular weight excluding hydrogens is 296 g/mol. The minimum absolute atomic E-state index is 0.866. The third-order valence-electron chi connectivity index (χ3n) is 4.92. The largest absolute Gasteiger partial charge is 0.340 e. The third-order valence-corrected chi connectivity index (χ3v) is 4.92. The van der Waals surface area contributed by atoms with Gasteiger partial charge in [0.25, 0.3) is 0 Å². The molecule has 3 aromatic rings. The Labute approximate surface area is 143 Å². The summed E-state index contributed by atoms with van der Waals surface area (Å²) in [5.74, 6) is 1.11. The number of hydrogen-bond donors (Lipinski definition) is 0. The quantitative estimate of drug-likeness (QED) is 0.738. The molecule has 0 unspecified atom stereocenters. The maximum Gasteiger partial charge on any atom is 0.206 e. The zero-order chi connectivity index (χ0) is 16.4. The SMILES string of the molecule is CCN1CCN(c2nc3ccccc3n2Cc2ccccc2)CC1. The van der Waals surface area contributed by atoms with Gasteiger partial charge in [-0.15, -0.1) is 0 Å². The highest BCUT2D eigenvalue weighted by molar-refractivity contribution is 5.79. The number of fused-ring (bicyclic) bond motifs is 1. The molecule has 0 aliphatic carbocycles. The van der Waals surface area contributed by atoms with Crippen LogP contribution in [0.2, 0.25) is 0 Å². The van der Waals surface area contributed by atoms with E-state index in [0.717, 1.165) is 50.7 Å². The number of likely N-dealkylation sites (N-methyl/N-ethyl adjacent to an activating group) is 1. The van der Waals surface area contributed by atoms with E-state index >= 15 is 0 Å². The molecule has 124 valence electrons. The lowest BCUT2D eigenvalue weighted by atomic mass is 10.2. The van der Waals surface area contributed by atoms with E-state index in [-0.39, 0.29) is 0 Å². The Kier molecular flexibility index (Phi) is 4.22. The molecule has 1 aliphatic heterocycles. The summed E-state index contributed by atoms with van der Waals surface area (Å²) in [5.41, 5.74) is 3.62. The summed E-state index contributed by atoms with van der Waals surface area (Å²) >= 11 is 0. The van der Waals surface area contributed by atoms with Crippen molar-refractivity contribution >= 4 is 17.0 Å². The number of para-hydroxylation sites is 2. The molecule has 0 amide bonds. The topological polar surface area (TPSA) is 24.3 Å². The van der Waals surface area contributed by atoms with Crippen LogP contribution < -0.4 is 4.90 Å². The minimum atomic E-state index is 0.866. The lowest BCUT2D eigenvalue weighted by Gasteiger charge is -2.34. The zero-order valence-corrected chi connectivity index (χ0v) is 14.2. The zero-order valence-electron chi connectivity index (χ0n) is 14.2. The second kappa shape index (κ2) is 6.65. The highest BCUT2D eigenvalue weighted by atomic mass is 15.4. The summed E-state index contributed by atoms with van der Waals surface area (Å²) in [6.07, 6.45) is 0. The Morgan fingerprint density at radius 2 is 1.58 bits per heavy atom. The van der Waals surface area contributed by atoms with Crippen molar-refractivity contribution in [3.63, 3.8) is 0 Å². The van der Waals surface area contributed by atoms with Gasteiger partial charge in [-0.1, -0.05) is 49.4 Å². The Hall–Kier alpha value is -2.33. The van der Waals surface area contributed by atoms with Gasteiger partial charge in [0.2, 0.25) is 5.95 Å². The van der Waals surface area contributed by atoms with Gasteiger partial charge in [-0.25, -0.2) is 4.98 Å². The summed E-state index contributed by atoms with van der Waals surface area (Å²) < 4.78 is 2.37. The van der Waals surface area contributed by atoms with E-state index in [0.29, 0.717) is 0 Å². The molecule has 0 saturated carbocycles. The van der Waals surface area contributed by atoms with Gasteiger partial charge < -0.3 is 14.4 Å². The van der Waals surface area contributed by atoms with Crippen LogP contribution in [0.1, 0.15) is 12.5 Å². The molecule has 1 aromatic heterocycles. The normalized spacial score (nSPS) is 16.0. The summed E-state index contributed by atoms with van der Waals surface area (Å²) in [7, 11) is 0. The van der Waals surface area contributed by atoms with Crippen LogP contribution in [-0.4, -0.2) is 47.2 Å². The van der Waals surface area contributed by atoms with Gasteiger partial charge in [0.15, 0.2) is 0 Å². The van der Waals surface area contributed by atoms with Crippen LogP contribution in [0.4, 0.5) is 5.95 Å². The van der Waals surface area contributed by atoms with Gasteiger partial charge in [0.05, 0.1) is 17.6 Å². The first-order valence-electron chi connectivity index (χ1n) is 8.81. The number of aromatic nitrogens is 2. The van der Waals surface area contributed by atoms with Crippen LogP contribution in [0.25, 0.3) is 11.0 Å². The highest BCUT2D eigenvalue weighted by Crippen LogP contribution is 2.25. The van der Waals surface area contributed by atoms with Gasteiger partial charge >= 0.3 is 0 Å². The number of nitrogens with zero attached hydrogens (tertiary/aromatic N) is 4. The molecular formula is C20H24N4. The summed E-state index contributed by atoms with van der Waals surface area (Å²) in [6.45, 7) is 8.56. The molecule has 0 bridgehead atoms. The van der Waals surface area contributed by atoms with Crippen LogP contribution >= 0.6 is 0 Å². The van der Waals surface area contributed by atoms with E-state index < -0.39 is 0 Å². The summed E-state index contributed by atoms with van der Waals surface area (Å²) in [4.78, 5) is 9.89. The Morgan fingerprint density at radius 1 is 0.875 bits per heavy atom. The van der Waals surface area contributed by atoms with E-state index in [4.69, 9.17) is 4.98 Å². The summed E-state index contributed by atoms with van der Waals surface area (Å²) in [5, 5.41) is 0. The number of piperazine rings is 1. The van der Waals surface area contributed by atoms with E-state index in [1.54, 1.807) is 0 Å². The molecule has 2 heterocycles. The van der Waals surface area contributed by atoms with Crippen molar-refractivity contribution in [2.24, 2.45) is 0 Å². The molecule has 1 aliphatic rings. The smallest absolute Gasteiger partial charge is 0.206 e. The van der Waals surface area contributed by atoms with Crippen molar-refractivity contribution in [2.75, 3.05) is 37.6 Å². The lowest BCUT2D eigenvalue weighted by Crippen LogP contribution is -2.47. The highest BCUT2D eigenvalue weighted by Gasteiger charge is 2.21. The molecule has 0 atom stereocenters. The van der Waals surface area contributed by atoms with Crippen molar-refractivity contribution in [3.05, 3.63) is 60.2 Å². The van der Waals surface area contributed by atoms with Crippen LogP contribution in [0.3, 0.4) is 0 Å². The maximum atomic E-state index is 4.95. The molecule has 24 heavy (non-hydrogen) atoms. The van der Waals surface area contributed by atoms with E-state index in [1.807, 2.05) is 0 Å². The Bertz CT molecular complexity index is 801. The molecule has 0 N–H and O–H groups in total. The van der Waals surface area contributed by atoms with E-state index in [9.17, 15) is 0 Å². The predicted octanol–water partition coefficient (Wildman–Crippen LogP) is 3.23. The second-order valence-electron chi connectivity index (χ2n) is 6.39. The Morgan fingerprint density at radius 3 is 2.33 bits per heavy atom. The summed E-state index contributed by atoms with van der Waals surface area (Å²) in [6, 6.07) is 19.1. The van der Waals surface area contributed by atoms with Crippen molar-refractivity contribution in [1.29, 1.82) is 0 Å². The Balaban J connectivity index is 1.70. The van der Waals surface area contributed by atoms with Crippen molar-refractivity contribution in [3.8, 4) is 0 Å². The molecule has 4 rings (SSSR count). The van der Waals surface area contributed by atoms with Crippen LogP contribution in [0, 0.1) is 0 Å². The van der Waals surface area contributed by atoms with E-state index in [1.165, 1.54) is 11.1 Å². The first-order chi connectivity index (χ1) is 11.8. The number of rotatable bonds is 4. The van der Waals surface area contributed by atoms with Crippen LogP contribution in [-0.2, 0) is 6.54 Å². The van der Waals surface area contributed by atoms with Gasteiger partial charge in [0.1, 0.15) is 0 Å². The molecule has 2 aromatic carbocycles. The minimum Gasteiger partial charge on any atom is -0.340 e. The molecule has 0 spiro atoms. The standard InChI is InChI=1S/C20H24N4/c1-2-22-12-14-23(15-13-22)20-21-18-10-6-7-11-19(18)24(20)16-17-8-4-3-5-9-17/h3-11H,2,12-16H2,1H3. The number of anilines is 1. The van der Waals surface area contributed by atoms with Crippen molar-refractivity contribution < 1.29 is 0 Å². The van der Waals surface area contributed by atoms with Gasteiger partial charge in [-0.05, 0) is 24.2 Å². The maximum absolute atomic E-state index is 4.95. The number of hydrogen-bond acceptors (Lipinski definition) is 3. The van der Waals surface area contributed by atoms with Gasteiger partial charge in [-0.3, -0.25) is 0 Å². The molecule has 0 radical (unpaired) electrons. The van der Waals surface area contributed by atoms with Crippen molar-refractivity contribution in [2.45, 2.75) is 13.5 Å². The first kappa shape index (κ1) is 15.2. The molecule has 1 fully saturated rings. The fourth-order valence-corrected chi connectivity index (χ4v) is 3.49.